The highest BCUT2D eigenvalue weighted by Crippen LogP contribution is 2.30. The first-order valence-electron chi connectivity index (χ1n) is 6.18. The van der Waals surface area contributed by atoms with Crippen LogP contribution >= 0.6 is 0 Å². The number of rotatable bonds is 2. The van der Waals surface area contributed by atoms with Gasteiger partial charge in [-0.1, -0.05) is 12.1 Å². The number of hydrogen-bond acceptors (Lipinski definition) is 2. The highest BCUT2D eigenvalue weighted by Gasteiger charge is 2.18. The van der Waals surface area contributed by atoms with Gasteiger partial charge < -0.3 is 14.6 Å². The topological polar surface area (TPSA) is 26.2 Å². The van der Waals surface area contributed by atoms with Crippen molar-refractivity contribution in [1.82, 2.24) is 9.88 Å². The van der Waals surface area contributed by atoms with Crippen molar-refractivity contribution in [2.45, 2.75) is 19.4 Å². The summed E-state index contributed by atoms with van der Waals surface area (Å²) < 4.78 is 8.25. The number of nitrogens with one attached hydrogen (secondary N) is 1. The number of para-hydroxylation sites is 1. The van der Waals surface area contributed by atoms with Gasteiger partial charge in [-0.15, -0.1) is 0 Å². The summed E-state index contributed by atoms with van der Waals surface area (Å²) in [6.07, 6.45) is 3.57. The van der Waals surface area contributed by atoms with Gasteiger partial charge in [-0.25, -0.2) is 0 Å². The molecular weight excluding hydrogens is 212 g/mol. The molecule has 1 aliphatic rings. The molecule has 3 heteroatoms. The zero-order chi connectivity index (χ0) is 11.8. The van der Waals surface area contributed by atoms with Crippen LogP contribution in [0.5, 0.6) is 5.75 Å². The van der Waals surface area contributed by atoms with E-state index in [1.807, 2.05) is 0 Å². The summed E-state index contributed by atoms with van der Waals surface area (Å²) in [5.41, 5.74) is 2.51. The Morgan fingerprint density at radius 1 is 1.41 bits per heavy atom. The maximum Gasteiger partial charge on any atom is 0.144 e. The molecule has 2 aromatic rings. The van der Waals surface area contributed by atoms with E-state index in [9.17, 15) is 0 Å². The van der Waals surface area contributed by atoms with Crippen LogP contribution in [0, 0.1) is 6.92 Å². The predicted octanol–water partition coefficient (Wildman–Crippen LogP) is 2.23. The van der Waals surface area contributed by atoms with Gasteiger partial charge in [0.05, 0.1) is 5.52 Å². The molecule has 17 heavy (non-hydrogen) atoms. The Morgan fingerprint density at radius 3 is 3.06 bits per heavy atom. The van der Waals surface area contributed by atoms with Crippen molar-refractivity contribution in [3.05, 3.63) is 30.0 Å². The minimum atomic E-state index is 0.316. The van der Waals surface area contributed by atoms with Gasteiger partial charge in [0.15, 0.2) is 0 Å². The molecular formula is C14H18N2O. The molecule has 1 atom stereocenters. The molecule has 2 heterocycles. The largest absolute Gasteiger partial charge is 0.487 e. The second kappa shape index (κ2) is 4.08. The van der Waals surface area contributed by atoms with Crippen molar-refractivity contribution in [2.75, 3.05) is 13.1 Å². The van der Waals surface area contributed by atoms with Crippen LogP contribution in [0.15, 0.2) is 24.4 Å². The summed E-state index contributed by atoms with van der Waals surface area (Å²) in [6.45, 7) is 4.16. The van der Waals surface area contributed by atoms with Crippen molar-refractivity contribution in [3.63, 3.8) is 0 Å². The first-order valence-corrected chi connectivity index (χ1v) is 6.18. The Labute approximate surface area is 101 Å². The molecule has 1 N–H and O–H groups in total. The molecule has 0 radical (unpaired) electrons. The van der Waals surface area contributed by atoms with Crippen LogP contribution in [-0.4, -0.2) is 23.8 Å². The normalized spacial score (nSPS) is 20.0. The molecule has 0 spiro atoms. The van der Waals surface area contributed by atoms with E-state index in [0.29, 0.717) is 6.10 Å². The number of aromatic nitrogens is 1. The van der Waals surface area contributed by atoms with Crippen molar-refractivity contribution in [2.24, 2.45) is 7.05 Å². The highest BCUT2D eigenvalue weighted by atomic mass is 16.5. The number of hydrogen-bond donors (Lipinski definition) is 1. The van der Waals surface area contributed by atoms with Crippen LogP contribution in [0.2, 0.25) is 0 Å². The predicted molar refractivity (Wildman–Crippen MR) is 69.6 cm³/mol. The molecule has 1 unspecified atom stereocenters. The van der Waals surface area contributed by atoms with Crippen molar-refractivity contribution in [3.8, 4) is 5.75 Å². The van der Waals surface area contributed by atoms with Gasteiger partial charge >= 0.3 is 0 Å². The zero-order valence-electron chi connectivity index (χ0n) is 10.4. The van der Waals surface area contributed by atoms with Gasteiger partial charge in [-0.2, -0.15) is 0 Å². The lowest BCUT2D eigenvalue weighted by atomic mass is 10.2. The first-order chi connectivity index (χ1) is 8.25. The quantitative estimate of drug-likeness (QED) is 0.856. The fourth-order valence-corrected chi connectivity index (χ4v) is 2.63. The maximum atomic E-state index is 6.10. The third kappa shape index (κ3) is 1.80. The maximum absolute atomic E-state index is 6.10. The summed E-state index contributed by atoms with van der Waals surface area (Å²) in [4.78, 5) is 0. The second-order valence-corrected chi connectivity index (χ2v) is 4.81. The standard InChI is InChI=1S/C14H18N2O/c1-10-9-16(2)14-12(10)4-3-5-13(14)17-11-6-7-15-8-11/h3-5,9,11,15H,6-8H2,1-2H3. The Bertz CT molecular complexity index is 538. The van der Waals surface area contributed by atoms with Crippen molar-refractivity contribution >= 4 is 10.9 Å². The van der Waals surface area contributed by atoms with Gasteiger partial charge in [0.1, 0.15) is 11.9 Å². The Kier molecular flexibility index (Phi) is 2.56. The summed E-state index contributed by atoms with van der Waals surface area (Å²) >= 11 is 0. The third-order valence-electron chi connectivity index (χ3n) is 3.47. The number of aryl methyl sites for hydroxylation is 2. The Hall–Kier alpha value is -1.48. The van der Waals surface area contributed by atoms with Crippen LogP contribution in [0.4, 0.5) is 0 Å². The molecule has 0 saturated carbocycles. The number of nitrogens with zero attached hydrogens (tertiary/aromatic N) is 1. The third-order valence-corrected chi connectivity index (χ3v) is 3.47. The molecule has 1 aromatic heterocycles. The van der Waals surface area contributed by atoms with E-state index in [4.69, 9.17) is 4.74 Å². The smallest absolute Gasteiger partial charge is 0.144 e. The Morgan fingerprint density at radius 2 is 2.29 bits per heavy atom. The van der Waals surface area contributed by atoms with Gasteiger partial charge in [0.2, 0.25) is 0 Å². The van der Waals surface area contributed by atoms with E-state index in [1.165, 1.54) is 16.5 Å². The highest BCUT2D eigenvalue weighted by molar-refractivity contribution is 5.88. The molecule has 1 aromatic carbocycles. The first kappa shape index (κ1) is 10.7. The molecule has 0 amide bonds. The molecule has 1 fully saturated rings. The molecule has 0 aliphatic carbocycles. The lowest BCUT2D eigenvalue weighted by Crippen LogP contribution is -2.19. The average molecular weight is 230 g/mol. The van der Waals surface area contributed by atoms with E-state index < -0.39 is 0 Å². The van der Waals surface area contributed by atoms with Crippen LogP contribution in [0.25, 0.3) is 10.9 Å². The SMILES string of the molecule is Cc1cn(C)c2c(OC3CCNC3)cccc12. The van der Waals surface area contributed by atoms with E-state index in [-0.39, 0.29) is 0 Å². The molecule has 3 nitrogen and oxygen atoms in total. The number of fused-ring (bicyclic) bond motifs is 1. The summed E-state index contributed by atoms with van der Waals surface area (Å²) in [5.74, 6) is 1.01. The molecule has 1 aliphatic heterocycles. The minimum Gasteiger partial charge on any atom is -0.487 e. The van der Waals surface area contributed by atoms with Crippen LogP contribution in [-0.2, 0) is 7.05 Å². The van der Waals surface area contributed by atoms with Crippen molar-refractivity contribution < 1.29 is 4.74 Å². The molecule has 90 valence electrons. The minimum absolute atomic E-state index is 0.316. The average Bonchev–Trinajstić information content (AvgIpc) is 2.90. The summed E-state index contributed by atoms with van der Waals surface area (Å²) in [7, 11) is 2.08. The van der Waals surface area contributed by atoms with E-state index in [0.717, 1.165) is 25.3 Å². The van der Waals surface area contributed by atoms with E-state index >= 15 is 0 Å². The number of benzene rings is 1. The van der Waals surface area contributed by atoms with Gasteiger partial charge in [0, 0.05) is 25.2 Å². The Balaban J connectivity index is 2.03. The second-order valence-electron chi connectivity index (χ2n) is 4.81. The van der Waals surface area contributed by atoms with E-state index in [1.54, 1.807) is 0 Å². The molecule has 1 saturated heterocycles. The zero-order valence-corrected chi connectivity index (χ0v) is 10.4. The van der Waals surface area contributed by atoms with E-state index in [2.05, 4.69) is 48.3 Å². The molecule has 3 rings (SSSR count). The van der Waals surface area contributed by atoms with Crippen LogP contribution < -0.4 is 10.1 Å². The fourth-order valence-electron chi connectivity index (χ4n) is 2.63. The number of ether oxygens (including phenoxy) is 1. The summed E-state index contributed by atoms with van der Waals surface area (Å²) in [6, 6.07) is 6.30. The summed E-state index contributed by atoms with van der Waals surface area (Å²) in [5, 5.41) is 4.62. The van der Waals surface area contributed by atoms with Crippen LogP contribution in [0.3, 0.4) is 0 Å². The fraction of sp³-hybridized carbons (Fsp3) is 0.429. The lowest BCUT2D eigenvalue weighted by molar-refractivity contribution is 0.225. The van der Waals surface area contributed by atoms with Crippen LogP contribution in [0.1, 0.15) is 12.0 Å². The molecule has 0 bridgehead atoms. The van der Waals surface area contributed by atoms with Gasteiger partial charge in [-0.3, -0.25) is 0 Å². The van der Waals surface area contributed by atoms with Crippen molar-refractivity contribution in [1.29, 1.82) is 0 Å². The van der Waals surface area contributed by atoms with Gasteiger partial charge in [-0.05, 0) is 31.5 Å². The lowest BCUT2D eigenvalue weighted by Gasteiger charge is -2.14. The van der Waals surface area contributed by atoms with Gasteiger partial charge in [0.25, 0.3) is 0 Å². The monoisotopic (exact) mass is 230 g/mol.